The van der Waals surface area contributed by atoms with Gasteiger partial charge in [-0.3, -0.25) is 4.79 Å². The molecule has 0 N–H and O–H groups in total. The molecule has 0 radical (unpaired) electrons. The highest BCUT2D eigenvalue weighted by Gasteiger charge is 2.29. The van der Waals surface area contributed by atoms with Crippen LogP contribution in [0, 0.1) is 5.92 Å². The molecule has 1 saturated heterocycles. The molecule has 3 nitrogen and oxygen atoms in total. The van der Waals surface area contributed by atoms with Crippen LogP contribution >= 0.6 is 0 Å². The van der Waals surface area contributed by atoms with E-state index in [0.29, 0.717) is 18.2 Å². The van der Waals surface area contributed by atoms with E-state index in [0.717, 1.165) is 38.8 Å². The Bertz CT molecular complexity index is 424. The molecule has 0 aromatic heterocycles. The van der Waals surface area contributed by atoms with Crippen LogP contribution in [0.15, 0.2) is 30.3 Å². The first-order chi connectivity index (χ1) is 10.3. The molecular weight excluding hydrogens is 262 g/mol. The molecule has 3 heteroatoms. The van der Waals surface area contributed by atoms with Crippen LogP contribution in [0.4, 0.5) is 0 Å². The molecule has 21 heavy (non-hydrogen) atoms. The van der Waals surface area contributed by atoms with Crippen molar-refractivity contribution in [2.45, 2.75) is 45.1 Å². The van der Waals surface area contributed by atoms with Crippen LogP contribution in [0.5, 0.6) is 0 Å². The Hall–Kier alpha value is -1.35. The van der Waals surface area contributed by atoms with E-state index >= 15 is 0 Å². The van der Waals surface area contributed by atoms with Crippen LogP contribution in [-0.2, 0) is 9.53 Å². The molecule has 0 spiro atoms. The summed E-state index contributed by atoms with van der Waals surface area (Å²) in [5, 5.41) is 0. The molecule has 0 saturated carbocycles. The lowest BCUT2D eigenvalue weighted by Gasteiger charge is -2.35. The summed E-state index contributed by atoms with van der Waals surface area (Å²) in [6.07, 6.45) is 5.01. The molecule has 1 heterocycles. The summed E-state index contributed by atoms with van der Waals surface area (Å²) >= 11 is 0. The molecule has 0 aliphatic carbocycles. The van der Waals surface area contributed by atoms with E-state index in [9.17, 15) is 4.79 Å². The average Bonchev–Trinajstić information content (AvgIpc) is 2.55. The van der Waals surface area contributed by atoms with Gasteiger partial charge in [0.2, 0.25) is 5.91 Å². The summed E-state index contributed by atoms with van der Waals surface area (Å²) in [6, 6.07) is 10.4. The fourth-order valence-corrected chi connectivity index (χ4v) is 3.18. The number of likely N-dealkylation sites (tertiary alicyclic amines) is 1. The molecule has 0 bridgehead atoms. The maximum atomic E-state index is 12.1. The zero-order valence-corrected chi connectivity index (χ0v) is 13.3. The SMILES string of the molecule is CCCCC(=O)N1CCC(C(OC)c2ccccc2)CC1. The normalized spacial score (nSPS) is 17.7. The molecule has 2 rings (SSSR count). The predicted octanol–water partition coefficient (Wildman–Crippen LogP) is 3.80. The van der Waals surface area contributed by atoms with Gasteiger partial charge in [-0.15, -0.1) is 0 Å². The van der Waals surface area contributed by atoms with Crippen molar-refractivity contribution >= 4 is 5.91 Å². The van der Waals surface area contributed by atoms with Crippen molar-refractivity contribution in [1.29, 1.82) is 0 Å². The molecular formula is C18H27NO2. The highest BCUT2D eigenvalue weighted by Crippen LogP contribution is 2.33. The Morgan fingerprint density at radius 3 is 2.52 bits per heavy atom. The molecule has 116 valence electrons. The second-order valence-corrected chi connectivity index (χ2v) is 5.89. The van der Waals surface area contributed by atoms with Gasteiger partial charge in [-0.1, -0.05) is 43.7 Å². The Morgan fingerprint density at radius 2 is 1.95 bits per heavy atom. The van der Waals surface area contributed by atoms with Gasteiger partial charge in [-0.05, 0) is 30.7 Å². The lowest BCUT2D eigenvalue weighted by molar-refractivity contribution is -0.133. The van der Waals surface area contributed by atoms with Crippen molar-refractivity contribution in [3.8, 4) is 0 Å². The minimum atomic E-state index is 0.152. The monoisotopic (exact) mass is 289 g/mol. The second-order valence-electron chi connectivity index (χ2n) is 5.89. The van der Waals surface area contributed by atoms with Gasteiger partial charge in [0.05, 0.1) is 6.10 Å². The van der Waals surface area contributed by atoms with E-state index in [-0.39, 0.29) is 6.10 Å². The van der Waals surface area contributed by atoms with Crippen molar-refractivity contribution in [2.75, 3.05) is 20.2 Å². The van der Waals surface area contributed by atoms with Crippen molar-refractivity contribution < 1.29 is 9.53 Å². The first kappa shape index (κ1) is 16.0. The number of carbonyl (C=O) groups excluding carboxylic acids is 1. The van der Waals surface area contributed by atoms with Crippen molar-refractivity contribution in [3.05, 3.63) is 35.9 Å². The van der Waals surface area contributed by atoms with E-state index in [1.165, 1.54) is 5.56 Å². The molecule has 1 atom stereocenters. The number of unbranched alkanes of at least 4 members (excludes halogenated alkanes) is 1. The number of nitrogens with zero attached hydrogens (tertiary/aromatic N) is 1. The standard InChI is InChI=1S/C18H27NO2/c1-3-4-10-17(20)19-13-11-16(12-14-19)18(21-2)15-8-6-5-7-9-15/h5-9,16,18H,3-4,10-14H2,1-2H3. The van der Waals surface area contributed by atoms with Crippen molar-refractivity contribution in [1.82, 2.24) is 4.90 Å². The quantitative estimate of drug-likeness (QED) is 0.797. The zero-order chi connectivity index (χ0) is 15.1. The molecule has 1 fully saturated rings. The third kappa shape index (κ3) is 4.31. The number of rotatable bonds is 6. The van der Waals surface area contributed by atoms with Crippen LogP contribution < -0.4 is 0 Å². The Kier molecular flexibility index (Phi) is 6.24. The minimum Gasteiger partial charge on any atom is -0.376 e. The lowest BCUT2D eigenvalue weighted by Crippen LogP contribution is -2.39. The van der Waals surface area contributed by atoms with Gasteiger partial charge < -0.3 is 9.64 Å². The minimum absolute atomic E-state index is 0.152. The number of benzene rings is 1. The number of methoxy groups -OCH3 is 1. The molecule has 1 aromatic carbocycles. The number of amides is 1. The summed E-state index contributed by atoms with van der Waals surface area (Å²) < 4.78 is 5.73. The predicted molar refractivity (Wildman–Crippen MR) is 85.0 cm³/mol. The fraction of sp³-hybridized carbons (Fsp3) is 0.611. The number of hydrogen-bond donors (Lipinski definition) is 0. The van der Waals surface area contributed by atoms with E-state index in [1.54, 1.807) is 7.11 Å². The van der Waals surface area contributed by atoms with Crippen LogP contribution in [0.25, 0.3) is 0 Å². The lowest BCUT2D eigenvalue weighted by atomic mass is 9.87. The average molecular weight is 289 g/mol. The summed E-state index contributed by atoms with van der Waals surface area (Å²) in [7, 11) is 1.79. The van der Waals surface area contributed by atoms with Crippen LogP contribution in [0.1, 0.15) is 50.7 Å². The van der Waals surface area contributed by atoms with Gasteiger partial charge in [0, 0.05) is 26.6 Å². The fourth-order valence-electron chi connectivity index (χ4n) is 3.18. The van der Waals surface area contributed by atoms with E-state index in [4.69, 9.17) is 4.74 Å². The first-order valence-electron chi connectivity index (χ1n) is 8.11. The number of carbonyl (C=O) groups is 1. The van der Waals surface area contributed by atoms with Gasteiger partial charge in [-0.2, -0.15) is 0 Å². The van der Waals surface area contributed by atoms with Crippen molar-refractivity contribution in [3.63, 3.8) is 0 Å². The van der Waals surface area contributed by atoms with Gasteiger partial charge in [-0.25, -0.2) is 0 Å². The third-order valence-electron chi connectivity index (χ3n) is 4.45. The van der Waals surface area contributed by atoms with Gasteiger partial charge in [0.1, 0.15) is 0 Å². The molecule has 1 aliphatic heterocycles. The summed E-state index contributed by atoms with van der Waals surface area (Å²) in [5.74, 6) is 0.830. The molecule has 1 aliphatic rings. The van der Waals surface area contributed by atoms with Crippen molar-refractivity contribution in [2.24, 2.45) is 5.92 Å². The summed E-state index contributed by atoms with van der Waals surface area (Å²) in [5.41, 5.74) is 1.25. The van der Waals surface area contributed by atoms with Gasteiger partial charge in [0.25, 0.3) is 0 Å². The Morgan fingerprint density at radius 1 is 1.29 bits per heavy atom. The van der Waals surface area contributed by atoms with E-state index < -0.39 is 0 Å². The largest absolute Gasteiger partial charge is 0.376 e. The molecule has 1 amide bonds. The van der Waals surface area contributed by atoms with Gasteiger partial charge >= 0.3 is 0 Å². The topological polar surface area (TPSA) is 29.5 Å². The zero-order valence-electron chi connectivity index (χ0n) is 13.3. The highest BCUT2D eigenvalue weighted by atomic mass is 16.5. The number of hydrogen-bond acceptors (Lipinski definition) is 2. The molecule has 1 unspecified atom stereocenters. The van der Waals surface area contributed by atoms with Gasteiger partial charge in [0.15, 0.2) is 0 Å². The van der Waals surface area contributed by atoms with Crippen LogP contribution in [0.3, 0.4) is 0 Å². The number of piperidine rings is 1. The summed E-state index contributed by atoms with van der Waals surface area (Å²) in [6.45, 7) is 3.88. The van der Waals surface area contributed by atoms with Crippen LogP contribution in [0.2, 0.25) is 0 Å². The highest BCUT2D eigenvalue weighted by molar-refractivity contribution is 5.76. The molecule has 1 aromatic rings. The number of ether oxygens (including phenoxy) is 1. The Balaban J connectivity index is 1.89. The Labute approximate surface area is 128 Å². The third-order valence-corrected chi connectivity index (χ3v) is 4.45. The van der Waals surface area contributed by atoms with E-state index in [2.05, 4.69) is 31.2 Å². The maximum absolute atomic E-state index is 12.1. The van der Waals surface area contributed by atoms with Crippen LogP contribution in [-0.4, -0.2) is 31.0 Å². The summed E-state index contributed by atoms with van der Waals surface area (Å²) in [4.78, 5) is 14.1. The second kappa shape index (κ2) is 8.18. The van der Waals surface area contributed by atoms with E-state index in [1.807, 2.05) is 11.0 Å². The first-order valence-corrected chi connectivity index (χ1v) is 8.11. The smallest absolute Gasteiger partial charge is 0.222 e. The maximum Gasteiger partial charge on any atom is 0.222 e.